The van der Waals surface area contributed by atoms with Gasteiger partial charge in [0.05, 0.1) is 23.4 Å². The third-order valence-corrected chi connectivity index (χ3v) is 5.19. The van der Waals surface area contributed by atoms with Gasteiger partial charge in [0.15, 0.2) is 13.2 Å². The zero-order valence-electron chi connectivity index (χ0n) is 16.3. The monoisotopic (exact) mass is 459 g/mol. The molecule has 0 radical (unpaired) electrons. The second-order valence-electron chi connectivity index (χ2n) is 6.53. The average Bonchev–Trinajstić information content (AvgIpc) is 2.74. The molecule has 0 saturated carbocycles. The predicted octanol–water partition coefficient (Wildman–Crippen LogP) is 3.19. The molecule has 1 aromatic carbocycles. The van der Waals surface area contributed by atoms with Crippen LogP contribution in [0.5, 0.6) is 0 Å². The Bertz CT molecular complexity index is 836. The number of nitriles is 1. The first-order valence-corrected chi connectivity index (χ1v) is 10.2. The summed E-state index contributed by atoms with van der Waals surface area (Å²) in [5.74, 6) is -1.53. The summed E-state index contributed by atoms with van der Waals surface area (Å²) in [5.41, 5.74) is 0.495. The van der Waals surface area contributed by atoms with Crippen LogP contribution in [0.4, 0.5) is 23.7 Å². The number of benzene rings is 1. The van der Waals surface area contributed by atoms with E-state index >= 15 is 0 Å². The molecule has 1 N–H and O–H groups in total. The molecular weight excluding hydrogens is 439 g/mol. The van der Waals surface area contributed by atoms with E-state index in [0.717, 1.165) is 4.90 Å². The lowest BCUT2D eigenvalue weighted by molar-refractivity contribution is -0.163. The summed E-state index contributed by atoms with van der Waals surface area (Å²) in [6.45, 7) is -2.08. The van der Waals surface area contributed by atoms with Gasteiger partial charge >= 0.3 is 18.2 Å². The van der Waals surface area contributed by atoms with E-state index in [4.69, 9.17) is 10.00 Å². The molecule has 1 aliphatic heterocycles. The van der Waals surface area contributed by atoms with E-state index < -0.39 is 43.3 Å². The summed E-state index contributed by atoms with van der Waals surface area (Å²) in [5, 5.41) is 11.3. The number of anilines is 1. The van der Waals surface area contributed by atoms with Gasteiger partial charge in [0.2, 0.25) is 0 Å². The Hall–Kier alpha value is -2.94. The molecule has 0 unspecified atom stereocenters. The number of likely N-dealkylation sites (tertiary alicyclic amines) is 1. The van der Waals surface area contributed by atoms with Crippen molar-refractivity contribution in [3.8, 4) is 6.07 Å². The first-order valence-electron chi connectivity index (χ1n) is 9.23. The molecule has 1 fully saturated rings. The molecule has 1 heterocycles. The number of ether oxygens (including phenoxy) is 2. The molecule has 0 spiro atoms. The number of hydrogen-bond donors (Lipinski definition) is 1. The molecule has 0 bridgehead atoms. The summed E-state index contributed by atoms with van der Waals surface area (Å²) in [4.78, 5) is 37.7. The van der Waals surface area contributed by atoms with E-state index in [9.17, 15) is 27.6 Å². The van der Waals surface area contributed by atoms with Crippen LogP contribution in [0.3, 0.4) is 0 Å². The predicted molar refractivity (Wildman–Crippen MR) is 104 cm³/mol. The van der Waals surface area contributed by atoms with E-state index in [2.05, 4.69) is 10.1 Å². The zero-order chi connectivity index (χ0) is 22.9. The molecule has 0 atom stereocenters. The van der Waals surface area contributed by atoms with Crippen LogP contribution < -0.4 is 5.32 Å². The Labute approximate surface area is 180 Å². The molecule has 12 heteroatoms. The maximum atomic E-state index is 12.2. The maximum absolute atomic E-state index is 12.2. The molecule has 8 nitrogen and oxygen atoms in total. The van der Waals surface area contributed by atoms with Gasteiger partial charge in [0.1, 0.15) is 0 Å². The van der Waals surface area contributed by atoms with E-state index in [0.29, 0.717) is 10.6 Å². The standard InChI is InChI=1S/C19H20F3N3O5S/c20-19(21,22)12-30-18(28)25-8-5-13(6-9-25)17(27)29-11-16(26)24-14-3-1-2-4-15(14)31-10-7-23/h1-4,13H,5-6,8-12H2,(H,24,26). The van der Waals surface area contributed by atoms with Gasteiger partial charge in [0, 0.05) is 18.0 Å². The number of nitrogens with zero attached hydrogens (tertiary/aromatic N) is 2. The highest BCUT2D eigenvalue weighted by Gasteiger charge is 2.33. The fraction of sp³-hybridized carbons (Fsp3) is 0.474. The van der Waals surface area contributed by atoms with Gasteiger partial charge in [-0.1, -0.05) is 12.1 Å². The van der Waals surface area contributed by atoms with Gasteiger partial charge in [-0.2, -0.15) is 18.4 Å². The van der Waals surface area contributed by atoms with Crippen molar-refractivity contribution < 1.29 is 37.0 Å². The summed E-state index contributed by atoms with van der Waals surface area (Å²) in [6.07, 6.45) is -5.31. The molecule has 2 amide bonds. The highest BCUT2D eigenvalue weighted by atomic mass is 32.2. The Kier molecular flexibility index (Phi) is 8.99. The van der Waals surface area contributed by atoms with E-state index in [1.807, 2.05) is 6.07 Å². The normalized spacial score (nSPS) is 14.5. The number of nitrogens with one attached hydrogen (secondary N) is 1. The van der Waals surface area contributed by atoms with Gasteiger partial charge in [-0.3, -0.25) is 9.59 Å². The lowest BCUT2D eigenvalue weighted by Crippen LogP contribution is -2.42. The van der Waals surface area contributed by atoms with Crippen LogP contribution in [0.15, 0.2) is 29.2 Å². The lowest BCUT2D eigenvalue weighted by atomic mass is 9.97. The molecule has 0 aliphatic carbocycles. The molecule has 2 rings (SSSR count). The number of amides is 2. The molecular formula is C19H20F3N3O5S. The van der Waals surface area contributed by atoms with Crippen molar-refractivity contribution in [2.45, 2.75) is 23.9 Å². The number of para-hydroxylation sites is 1. The highest BCUT2D eigenvalue weighted by Crippen LogP contribution is 2.26. The minimum atomic E-state index is -4.60. The van der Waals surface area contributed by atoms with Crippen LogP contribution in [0.1, 0.15) is 12.8 Å². The first kappa shape index (κ1) is 24.3. The van der Waals surface area contributed by atoms with Gasteiger partial charge in [0.25, 0.3) is 5.91 Å². The Morgan fingerprint density at radius 1 is 1.19 bits per heavy atom. The Morgan fingerprint density at radius 3 is 2.52 bits per heavy atom. The van der Waals surface area contributed by atoms with Crippen LogP contribution in [0.25, 0.3) is 0 Å². The van der Waals surface area contributed by atoms with Crippen LogP contribution in [0.2, 0.25) is 0 Å². The van der Waals surface area contributed by atoms with Gasteiger partial charge < -0.3 is 19.7 Å². The van der Waals surface area contributed by atoms with Crippen LogP contribution in [-0.2, 0) is 19.1 Å². The lowest BCUT2D eigenvalue weighted by Gasteiger charge is -2.30. The summed E-state index contributed by atoms with van der Waals surface area (Å²) in [6, 6.07) is 8.88. The summed E-state index contributed by atoms with van der Waals surface area (Å²) in [7, 11) is 0. The second kappa shape index (κ2) is 11.5. The number of piperidine rings is 1. The first-order chi connectivity index (χ1) is 14.7. The molecule has 1 aliphatic rings. The minimum Gasteiger partial charge on any atom is -0.455 e. The fourth-order valence-electron chi connectivity index (χ4n) is 2.78. The topological polar surface area (TPSA) is 109 Å². The van der Waals surface area contributed by atoms with Crippen LogP contribution >= 0.6 is 11.8 Å². The number of carbonyl (C=O) groups excluding carboxylic acids is 3. The van der Waals surface area contributed by atoms with Crippen LogP contribution in [-0.4, -0.2) is 61.1 Å². The van der Waals surface area contributed by atoms with E-state index in [1.165, 1.54) is 11.8 Å². The van der Waals surface area contributed by atoms with E-state index in [-0.39, 0.29) is 31.7 Å². The second-order valence-corrected chi connectivity index (χ2v) is 7.55. The third kappa shape index (κ3) is 8.37. The van der Waals surface area contributed by atoms with Gasteiger partial charge in [-0.15, -0.1) is 11.8 Å². The van der Waals surface area contributed by atoms with Crippen molar-refractivity contribution in [2.24, 2.45) is 5.92 Å². The average molecular weight is 459 g/mol. The Morgan fingerprint density at radius 2 is 1.87 bits per heavy atom. The molecule has 0 aromatic heterocycles. The largest absolute Gasteiger partial charge is 0.455 e. The van der Waals surface area contributed by atoms with Crippen LogP contribution in [0, 0.1) is 17.2 Å². The number of esters is 1. The fourth-order valence-corrected chi connectivity index (χ4v) is 3.45. The van der Waals surface area contributed by atoms with Crippen molar-refractivity contribution in [1.82, 2.24) is 4.90 Å². The number of hydrogen-bond acceptors (Lipinski definition) is 7. The summed E-state index contributed by atoms with van der Waals surface area (Å²) >= 11 is 1.25. The smallest absolute Gasteiger partial charge is 0.422 e. The van der Waals surface area contributed by atoms with Gasteiger partial charge in [-0.05, 0) is 25.0 Å². The molecule has 1 saturated heterocycles. The summed E-state index contributed by atoms with van der Waals surface area (Å²) < 4.78 is 45.6. The highest BCUT2D eigenvalue weighted by molar-refractivity contribution is 7.99. The molecule has 168 valence electrons. The number of halogens is 3. The quantitative estimate of drug-likeness (QED) is 0.493. The molecule has 31 heavy (non-hydrogen) atoms. The molecule has 1 aromatic rings. The Balaban J connectivity index is 1.74. The van der Waals surface area contributed by atoms with Gasteiger partial charge in [-0.25, -0.2) is 4.79 Å². The van der Waals surface area contributed by atoms with Crippen molar-refractivity contribution in [2.75, 3.05) is 37.4 Å². The van der Waals surface area contributed by atoms with Crippen molar-refractivity contribution in [3.05, 3.63) is 24.3 Å². The van der Waals surface area contributed by atoms with Crippen molar-refractivity contribution in [3.63, 3.8) is 0 Å². The van der Waals surface area contributed by atoms with E-state index in [1.54, 1.807) is 24.3 Å². The minimum absolute atomic E-state index is 0.0478. The third-order valence-electron chi connectivity index (χ3n) is 4.24. The number of carbonyl (C=O) groups is 3. The SMILES string of the molecule is N#CCSc1ccccc1NC(=O)COC(=O)C1CCN(C(=O)OCC(F)(F)F)CC1. The number of thioether (sulfide) groups is 1. The number of alkyl halides is 3. The zero-order valence-corrected chi connectivity index (χ0v) is 17.1. The number of rotatable bonds is 7. The van der Waals surface area contributed by atoms with Crippen molar-refractivity contribution >= 4 is 35.4 Å². The maximum Gasteiger partial charge on any atom is 0.422 e. The van der Waals surface area contributed by atoms with Crippen molar-refractivity contribution in [1.29, 1.82) is 5.26 Å².